The summed E-state index contributed by atoms with van der Waals surface area (Å²) in [5.74, 6) is 0. The van der Waals surface area contributed by atoms with Crippen LogP contribution in [0, 0.1) is 13.8 Å². The zero-order chi connectivity index (χ0) is 15.7. The van der Waals surface area contributed by atoms with Crippen molar-refractivity contribution in [1.82, 2.24) is 4.57 Å². The van der Waals surface area contributed by atoms with Crippen LogP contribution in [0.25, 0.3) is 10.9 Å². The third kappa shape index (κ3) is 2.79. The Morgan fingerprint density at radius 3 is 2.45 bits per heavy atom. The van der Waals surface area contributed by atoms with E-state index in [0.29, 0.717) is 0 Å². The first-order chi connectivity index (χ1) is 10.6. The van der Waals surface area contributed by atoms with Crippen LogP contribution in [-0.4, -0.2) is 10.6 Å². The highest BCUT2D eigenvalue weighted by molar-refractivity contribution is 5.86. The molecule has 1 atom stereocenters. The van der Waals surface area contributed by atoms with Crippen LogP contribution in [0.15, 0.2) is 48.5 Å². The first-order valence-electron chi connectivity index (χ1n) is 7.94. The molecule has 0 saturated carbocycles. The lowest BCUT2D eigenvalue weighted by Gasteiger charge is -2.10. The van der Waals surface area contributed by atoms with Gasteiger partial charge in [-0.1, -0.05) is 42.0 Å². The summed E-state index contributed by atoms with van der Waals surface area (Å²) in [6.07, 6.45) is 0.924. The van der Waals surface area contributed by atoms with Crippen molar-refractivity contribution in [2.75, 3.05) is 0 Å². The Morgan fingerprint density at radius 2 is 1.77 bits per heavy atom. The van der Waals surface area contributed by atoms with E-state index in [0.717, 1.165) is 13.0 Å². The van der Waals surface area contributed by atoms with E-state index in [4.69, 9.17) is 5.73 Å². The van der Waals surface area contributed by atoms with Crippen molar-refractivity contribution in [3.63, 3.8) is 0 Å². The van der Waals surface area contributed by atoms with Gasteiger partial charge in [0.1, 0.15) is 0 Å². The minimum atomic E-state index is 0.176. The van der Waals surface area contributed by atoms with Crippen molar-refractivity contribution in [2.45, 2.75) is 39.8 Å². The summed E-state index contributed by atoms with van der Waals surface area (Å²) in [5.41, 5.74) is 12.7. The lowest BCUT2D eigenvalue weighted by atomic mass is 10.0. The Balaban J connectivity index is 2.15. The van der Waals surface area contributed by atoms with Crippen LogP contribution in [0.3, 0.4) is 0 Å². The second-order valence-electron chi connectivity index (χ2n) is 6.34. The topological polar surface area (TPSA) is 30.9 Å². The average Bonchev–Trinajstić information content (AvgIpc) is 2.73. The standard InChI is InChI=1S/C20H24N2/c1-14-9-10-20-19(11-14)18(12-15(2)21)16(3)22(20)13-17-7-5-4-6-8-17/h4-11,15H,12-13,21H2,1-3H3/t15-/m1/s1. The van der Waals surface area contributed by atoms with Gasteiger partial charge in [-0.05, 0) is 50.5 Å². The van der Waals surface area contributed by atoms with Crippen LogP contribution in [0.4, 0.5) is 0 Å². The average molecular weight is 292 g/mol. The molecule has 114 valence electrons. The molecule has 3 rings (SSSR count). The fourth-order valence-corrected chi connectivity index (χ4v) is 3.21. The summed E-state index contributed by atoms with van der Waals surface area (Å²) in [6.45, 7) is 7.36. The molecule has 0 amide bonds. The van der Waals surface area contributed by atoms with Gasteiger partial charge in [0.25, 0.3) is 0 Å². The number of hydrogen-bond donors (Lipinski definition) is 1. The van der Waals surface area contributed by atoms with E-state index in [9.17, 15) is 0 Å². The zero-order valence-corrected chi connectivity index (χ0v) is 13.6. The van der Waals surface area contributed by atoms with Crippen molar-refractivity contribution < 1.29 is 0 Å². The lowest BCUT2D eigenvalue weighted by molar-refractivity contribution is 0.724. The number of fused-ring (bicyclic) bond motifs is 1. The Kier molecular flexibility index (Phi) is 4.04. The number of nitrogens with zero attached hydrogens (tertiary/aromatic N) is 1. The van der Waals surface area contributed by atoms with Gasteiger partial charge in [-0.25, -0.2) is 0 Å². The highest BCUT2D eigenvalue weighted by Gasteiger charge is 2.15. The molecule has 3 aromatic rings. The SMILES string of the molecule is Cc1ccc2c(c1)c(C[C@@H](C)N)c(C)n2Cc1ccccc1. The van der Waals surface area contributed by atoms with E-state index in [-0.39, 0.29) is 6.04 Å². The monoisotopic (exact) mass is 292 g/mol. The summed E-state index contributed by atoms with van der Waals surface area (Å²) < 4.78 is 2.42. The normalized spacial score (nSPS) is 12.7. The number of benzene rings is 2. The van der Waals surface area contributed by atoms with Crippen LogP contribution in [0.1, 0.15) is 29.3 Å². The lowest BCUT2D eigenvalue weighted by Crippen LogP contribution is -2.18. The maximum absolute atomic E-state index is 6.07. The molecule has 0 aliphatic rings. The Hall–Kier alpha value is -2.06. The quantitative estimate of drug-likeness (QED) is 0.768. The molecule has 2 nitrogen and oxygen atoms in total. The molecule has 0 fully saturated rings. The molecule has 0 radical (unpaired) electrons. The molecule has 2 heteroatoms. The molecule has 1 aromatic heterocycles. The highest BCUT2D eigenvalue weighted by Crippen LogP contribution is 2.28. The minimum Gasteiger partial charge on any atom is -0.340 e. The van der Waals surface area contributed by atoms with Crippen LogP contribution in [0.2, 0.25) is 0 Å². The Labute approximate surface area is 132 Å². The second-order valence-corrected chi connectivity index (χ2v) is 6.34. The summed E-state index contributed by atoms with van der Waals surface area (Å²) in [4.78, 5) is 0. The zero-order valence-electron chi connectivity index (χ0n) is 13.6. The number of rotatable bonds is 4. The van der Waals surface area contributed by atoms with Crippen LogP contribution in [0.5, 0.6) is 0 Å². The molecule has 2 aromatic carbocycles. The van der Waals surface area contributed by atoms with Gasteiger partial charge in [0.2, 0.25) is 0 Å². The highest BCUT2D eigenvalue weighted by atomic mass is 15.0. The second kappa shape index (κ2) is 5.98. The Morgan fingerprint density at radius 1 is 1.05 bits per heavy atom. The van der Waals surface area contributed by atoms with E-state index >= 15 is 0 Å². The first-order valence-corrected chi connectivity index (χ1v) is 7.94. The molecule has 0 bridgehead atoms. The van der Waals surface area contributed by atoms with E-state index in [1.54, 1.807) is 0 Å². The number of aryl methyl sites for hydroxylation is 1. The van der Waals surface area contributed by atoms with E-state index in [1.807, 2.05) is 0 Å². The fourth-order valence-electron chi connectivity index (χ4n) is 3.21. The molecular formula is C20H24N2. The van der Waals surface area contributed by atoms with Crippen molar-refractivity contribution >= 4 is 10.9 Å². The van der Waals surface area contributed by atoms with Gasteiger partial charge in [0.05, 0.1) is 0 Å². The maximum atomic E-state index is 6.07. The number of hydrogen-bond acceptors (Lipinski definition) is 1. The molecule has 0 aliphatic carbocycles. The third-order valence-electron chi connectivity index (χ3n) is 4.32. The minimum absolute atomic E-state index is 0.176. The van der Waals surface area contributed by atoms with Gasteiger partial charge in [0, 0.05) is 29.2 Å². The van der Waals surface area contributed by atoms with Crippen LogP contribution in [-0.2, 0) is 13.0 Å². The Bertz CT molecular complexity index is 782. The summed E-state index contributed by atoms with van der Waals surface area (Å²) in [7, 11) is 0. The van der Waals surface area contributed by atoms with Gasteiger partial charge in [-0.2, -0.15) is 0 Å². The summed E-state index contributed by atoms with van der Waals surface area (Å²) >= 11 is 0. The molecule has 0 aliphatic heterocycles. The predicted octanol–water partition coefficient (Wildman–Crippen LogP) is 4.20. The smallest absolute Gasteiger partial charge is 0.0488 e. The molecule has 0 spiro atoms. The third-order valence-corrected chi connectivity index (χ3v) is 4.32. The fraction of sp³-hybridized carbons (Fsp3) is 0.300. The maximum Gasteiger partial charge on any atom is 0.0488 e. The molecular weight excluding hydrogens is 268 g/mol. The van der Waals surface area contributed by atoms with Crippen LogP contribution < -0.4 is 5.73 Å². The summed E-state index contributed by atoms with van der Waals surface area (Å²) in [5, 5.41) is 1.35. The largest absolute Gasteiger partial charge is 0.340 e. The molecule has 1 heterocycles. The molecule has 22 heavy (non-hydrogen) atoms. The van der Waals surface area contributed by atoms with Gasteiger partial charge >= 0.3 is 0 Å². The van der Waals surface area contributed by atoms with Gasteiger partial charge in [-0.15, -0.1) is 0 Å². The van der Waals surface area contributed by atoms with Crippen LogP contribution >= 0.6 is 0 Å². The number of nitrogens with two attached hydrogens (primary N) is 1. The van der Waals surface area contributed by atoms with Crippen molar-refractivity contribution in [3.8, 4) is 0 Å². The first kappa shape index (κ1) is 14.9. The van der Waals surface area contributed by atoms with E-state index in [1.165, 1.54) is 33.3 Å². The van der Waals surface area contributed by atoms with E-state index in [2.05, 4.69) is 73.9 Å². The van der Waals surface area contributed by atoms with Gasteiger partial charge < -0.3 is 10.3 Å². The predicted molar refractivity (Wildman–Crippen MR) is 94.3 cm³/mol. The number of aromatic nitrogens is 1. The molecule has 0 saturated heterocycles. The van der Waals surface area contributed by atoms with Crippen molar-refractivity contribution in [2.24, 2.45) is 5.73 Å². The van der Waals surface area contributed by atoms with E-state index < -0.39 is 0 Å². The molecule has 2 N–H and O–H groups in total. The molecule has 0 unspecified atom stereocenters. The summed E-state index contributed by atoms with van der Waals surface area (Å²) in [6, 6.07) is 17.5. The van der Waals surface area contributed by atoms with Gasteiger partial charge in [0.15, 0.2) is 0 Å². The van der Waals surface area contributed by atoms with Crippen molar-refractivity contribution in [1.29, 1.82) is 0 Å². The van der Waals surface area contributed by atoms with Gasteiger partial charge in [-0.3, -0.25) is 0 Å². The van der Waals surface area contributed by atoms with Crippen molar-refractivity contribution in [3.05, 3.63) is 70.9 Å².